The van der Waals surface area contributed by atoms with Crippen LogP contribution in [0.15, 0.2) is 18.2 Å². The van der Waals surface area contributed by atoms with Crippen LogP contribution in [-0.2, 0) is 0 Å². The Kier molecular flexibility index (Phi) is 3.45. The van der Waals surface area contributed by atoms with Crippen LogP contribution in [0.5, 0.6) is 0 Å². The Hall–Kier alpha value is -0.670. The number of hydrogen-bond donors (Lipinski definition) is 1. The molecule has 0 heterocycles. The SMILES string of the molecule is Cl.N[C@H](c1cccc(F)c1F)C1CC1. The molecular weight excluding hydrogens is 208 g/mol. The van der Waals surface area contributed by atoms with Crippen LogP contribution >= 0.6 is 12.4 Å². The van der Waals surface area contributed by atoms with Crippen molar-refractivity contribution < 1.29 is 8.78 Å². The van der Waals surface area contributed by atoms with Gasteiger partial charge in [-0.3, -0.25) is 0 Å². The van der Waals surface area contributed by atoms with Gasteiger partial charge in [-0.15, -0.1) is 12.4 Å². The van der Waals surface area contributed by atoms with Gasteiger partial charge in [0.1, 0.15) is 0 Å². The molecule has 1 atom stereocenters. The lowest BCUT2D eigenvalue weighted by molar-refractivity contribution is 0.480. The molecule has 0 spiro atoms. The molecule has 4 heteroatoms. The van der Waals surface area contributed by atoms with Crippen LogP contribution in [0.2, 0.25) is 0 Å². The van der Waals surface area contributed by atoms with Crippen molar-refractivity contribution in [2.24, 2.45) is 11.7 Å². The van der Waals surface area contributed by atoms with Crippen molar-refractivity contribution in [3.05, 3.63) is 35.4 Å². The third kappa shape index (κ3) is 2.04. The largest absolute Gasteiger partial charge is 0.324 e. The van der Waals surface area contributed by atoms with Crippen molar-refractivity contribution in [1.82, 2.24) is 0 Å². The summed E-state index contributed by atoms with van der Waals surface area (Å²) in [6.45, 7) is 0. The van der Waals surface area contributed by atoms with Gasteiger partial charge in [0, 0.05) is 11.6 Å². The van der Waals surface area contributed by atoms with E-state index in [-0.39, 0.29) is 18.4 Å². The van der Waals surface area contributed by atoms with Gasteiger partial charge < -0.3 is 5.73 Å². The normalized spacial score (nSPS) is 17.4. The van der Waals surface area contributed by atoms with Gasteiger partial charge in [-0.25, -0.2) is 8.78 Å². The van der Waals surface area contributed by atoms with E-state index in [0.717, 1.165) is 18.9 Å². The van der Waals surface area contributed by atoms with E-state index in [1.54, 1.807) is 6.07 Å². The molecule has 0 aromatic heterocycles. The zero-order chi connectivity index (χ0) is 9.42. The molecule has 1 aliphatic rings. The highest BCUT2D eigenvalue weighted by Crippen LogP contribution is 2.40. The molecule has 14 heavy (non-hydrogen) atoms. The van der Waals surface area contributed by atoms with Gasteiger partial charge >= 0.3 is 0 Å². The summed E-state index contributed by atoms with van der Waals surface area (Å²) in [6, 6.07) is 3.83. The average Bonchev–Trinajstić information content (AvgIpc) is 2.91. The molecule has 0 radical (unpaired) electrons. The number of nitrogens with two attached hydrogens (primary N) is 1. The second-order valence-electron chi connectivity index (χ2n) is 3.51. The quantitative estimate of drug-likeness (QED) is 0.813. The summed E-state index contributed by atoms with van der Waals surface area (Å²) >= 11 is 0. The van der Waals surface area contributed by atoms with Crippen LogP contribution in [0.1, 0.15) is 24.4 Å². The van der Waals surface area contributed by atoms with Gasteiger partial charge in [0.15, 0.2) is 11.6 Å². The zero-order valence-electron chi connectivity index (χ0n) is 7.54. The average molecular weight is 220 g/mol. The van der Waals surface area contributed by atoms with E-state index in [9.17, 15) is 8.78 Å². The summed E-state index contributed by atoms with van der Waals surface area (Å²) < 4.78 is 26.0. The minimum absolute atomic E-state index is 0. The van der Waals surface area contributed by atoms with E-state index in [1.165, 1.54) is 6.07 Å². The Morgan fingerprint density at radius 2 is 1.93 bits per heavy atom. The lowest BCUT2D eigenvalue weighted by Gasteiger charge is -2.11. The third-order valence-electron chi connectivity index (χ3n) is 2.47. The van der Waals surface area contributed by atoms with Crippen molar-refractivity contribution in [3.8, 4) is 0 Å². The molecule has 0 saturated heterocycles. The Balaban J connectivity index is 0.000000980. The molecule has 78 valence electrons. The van der Waals surface area contributed by atoms with Crippen LogP contribution < -0.4 is 5.73 Å². The Bertz CT molecular complexity index is 326. The molecule has 1 fully saturated rings. The number of hydrogen-bond acceptors (Lipinski definition) is 1. The van der Waals surface area contributed by atoms with Crippen molar-refractivity contribution in [1.29, 1.82) is 0 Å². The minimum atomic E-state index is -0.811. The lowest BCUT2D eigenvalue weighted by atomic mass is 10.0. The highest BCUT2D eigenvalue weighted by molar-refractivity contribution is 5.85. The molecule has 0 amide bonds. The van der Waals surface area contributed by atoms with Gasteiger partial charge in [0.2, 0.25) is 0 Å². The molecule has 1 aliphatic carbocycles. The smallest absolute Gasteiger partial charge is 0.163 e. The highest BCUT2D eigenvalue weighted by Gasteiger charge is 2.31. The molecule has 0 bridgehead atoms. The molecule has 1 saturated carbocycles. The molecule has 2 N–H and O–H groups in total. The fourth-order valence-corrected chi connectivity index (χ4v) is 1.49. The van der Waals surface area contributed by atoms with Crippen LogP contribution in [0, 0.1) is 17.6 Å². The predicted octanol–water partition coefficient (Wildman–Crippen LogP) is 2.80. The summed E-state index contributed by atoms with van der Waals surface area (Å²) in [7, 11) is 0. The molecule has 2 rings (SSSR count). The summed E-state index contributed by atoms with van der Waals surface area (Å²) in [4.78, 5) is 0. The summed E-state index contributed by atoms with van der Waals surface area (Å²) in [5.41, 5.74) is 6.07. The van der Waals surface area contributed by atoms with Gasteiger partial charge in [0.05, 0.1) is 0 Å². The fraction of sp³-hybridized carbons (Fsp3) is 0.400. The molecule has 0 aliphatic heterocycles. The summed E-state index contributed by atoms with van der Waals surface area (Å²) in [5, 5.41) is 0. The Labute approximate surface area is 87.7 Å². The van der Waals surface area contributed by atoms with E-state index in [2.05, 4.69) is 0 Å². The van der Waals surface area contributed by atoms with Crippen LogP contribution in [0.3, 0.4) is 0 Å². The first-order valence-electron chi connectivity index (χ1n) is 4.39. The summed E-state index contributed by atoms with van der Waals surface area (Å²) in [5.74, 6) is -1.26. The van der Waals surface area contributed by atoms with Crippen LogP contribution in [0.4, 0.5) is 8.78 Å². The maximum absolute atomic E-state index is 13.2. The topological polar surface area (TPSA) is 26.0 Å². The zero-order valence-corrected chi connectivity index (χ0v) is 8.36. The van der Waals surface area contributed by atoms with E-state index in [1.807, 2.05) is 0 Å². The third-order valence-corrected chi connectivity index (χ3v) is 2.47. The van der Waals surface area contributed by atoms with Crippen molar-refractivity contribution in [2.45, 2.75) is 18.9 Å². The van der Waals surface area contributed by atoms with E-state index in [0.29, 0.717) is 11.5 Å². The molecular formula is C10H12ClF2N. The minimum Gasteiger partial charge on any atom is -0.324 e. The first kappa shape index (κ1) is 11.4. The maximum atomic E-state index is 13.2. The molecule has 1 nitrogen and oxygen atoms in total. The second-order valence-corrected chi connectivity index (χ2v) is 3.51. The fourth-order valence-electron chi connectivity index (χ4n) is 1.49. The predicted molar refractivity (Wildman–Crippen MR) is 53.3 cm³/mol. The van der Waals surface area contributed by atoms with Crippen molar-refractivity contribution in [3.63, 3.8) is 0 Å². The number of rotatable bonds is 2. The van der Waals surface area contributed by atoms with Gasteiger partial charge in [0.25, 0.3) is 0 Å². The maximum Gasteiger partial charge on any atom is 0.163 e. The van der Waals surface area contributed by atoms with Gasteiger partial charge in [-0.1, -0.05) is 12.1 Å². The Morgan fingerprint density at radius 3 is 2.50 bits per heavy atom. The van der Waals surface area contributed by atoms with E-state index < -0.39 is 11.6 Å². The van der Waals surface area contributed by atoms with Crippen molar-refractivity contribution >= 4 is 12.4 Å². The number of benzene rings is 1. The van der Waals surface area contributed by atoms with Crippen LogP contribution in [-0.4, -0.2) is 0 Å². The first-order chi connectivity index (χ1) is 6.20. The second kappa shape index (κ2) is 4.24. The Morgan fingerprint density at radius 1 is 1.29 bits per heavy atom. The summed E-state index contributed by atoms with van der Waals surface area (Å²) in [6.07, 6.45) is 2.05. The van der Waals surface area contributed by atoms with E-state index in [4.69, 9.17) is 5.73 Å². The van der Waals surface area contributed by atoms with Crippen molar-refractivity contribution in [2.75, 3.05) is 0 Å². The van der Waals surface area contributed by atoms with Gasteiger partial charge in [-0.05, 0) is 24.8 Å². The van der Waals surface area contributed by atoms with Gasteiger partial charge in [-0.2, -0.15) is 0 Å². The molecule has 1 aromatic rings. The monoisotopic (exact) mass is 219 g/mol. The first-order valence-corrected chi connectivity index (χ1v) is 4.39. The molecule has 0 unspecified atom stereocenters. The van der Waals surface area contributed by atoms with E-state index >= 15 is 0 Å². The van der Waals surface area contributed by atoms with Crippen LogP contribution in [0.25, 0.3) is 0 Å². The molecule has 1 aromatic carbocycles. The lowest BCUT2D eigenvalue weighted by Crippen LogP contribution is -2.14. The number of halogens is 3. The standard InChI is InChI=1S/C10H11F2N.ClH/c11-8-3-1-2-7(9(8)12)10(13)6-4-5-6;/h1-3,6,10H,4-5,13H2;1H/t10-;/m0./s1. The highest BCUT2D eigenvalue weighted by atomic mass is 35.5.